The zero-order valence-corrected chi connectivity index (χ0v) is 17.5. The lowest BCUT2D eigenvalue weighted by atomic mass is 9.85. The Morgan fingerprint density at radius 1 is 1.13 bits per heavy atom. The van der Waals surface area contributed by atoms with Crippen molar-refractivity contribution in [3.63, 3.8) is 0 Å². The van der Waals surface area contributed by atoms with Crippen molar-refractivity contribution < 1.29 is 9.72 Å². The Morgan fingerprint density at radius 2 is 1.90 bits per heavy atom. The summed E-state index contributed by atoms with van der Waals surface area (Å²) >= 11 is 12.4. The molecule has 31 heavy (non-hydrogen) atoms. The van der Waals surface area contributed by atoms with Crippen LogP contribution in [0.5, 0.6) is 0 Å². The number of halogens is 2. The lowest BCUT2D eigenvalue weighted by molar-refractivity contribution is -0.384. The quantitative estimate of drug-likeness (QED) is 0.430. The van der Waals surface area contributed by atoms with E-state index in [0.717, 1.165) is 17.7 Å². The van der Waals surface area contributed by atoms with Crippen molar-refractivity contribution in [2.45, 2.75) is 25.3 Å². The molecule has 0 fully saturated rings. The van der Waals surface area contributed by atoms with Crippen LogP contribution in [0, 0.1) is 10.1 Å². The van der Waals surface area contributed by atoms with Crippen LogP contribution >= 0.6 is 23.2 Å². The maximum Gasteiger partial charge on any atom is 0.269 e. The summed E-state index contributed by atoms with van der Waals surface area (Å²) in [6.45, 7) is 0. The van der Waals surface area contributed by atoms with Crippen molar-refractivity contribution in [1.29, 1.82) is 0 Å². The van der Waals surface area contributed by atoms with Gasteiger partial charge in [-0.15, -0.1) is 5.10 Å². The minimum Gasteiger partial charge on any atom is -0.328 e. The number of non-ortho nitro benzene ring substituents is 1. The van der Waals surface area contributed by atoms with Crippen LogP contribution in [0.15, 0.2) is 53.7 Å². The molecule has 2 aromatic carbocycles. The van der Waals surface area contributed by atoms with E-state index in [1.807, 2.05) is 0 Å². The van der Waals surface area contributed by atoms with Crippen LogP contribution in [-0.2, 0) is 4.79 Å². The van der Waals surface area contributed by atoms with Crippen LogP contribution in [-0.4, -0.2) is 25.5 Å². The number of benzene rings is 2. The standard InChI is InChI=1S/C21H15Cl2N5O3/c22-12-6-9-14(15(23)10-12)20-25-21-24-16-2-1-3-17(29)18(16)19(27(21)26-20)11-4-7-13(8-5-11)28(30)31/h4-10,19H,1-3H2,(H,24,25,26). The van der Waals surface area contributed by atoms with E-state index in [0.29, 0.717) is 45.8 Å². The van der Waals surface area contributed by atoms with Crippen molar-refractivity contribution >= 4 is 40.6 Å². The molecule has 0 saturated carbocycles. The Morgan fingerprint density at radius 3 is 2.61 bits per heavy atom. The maximum absolute atomic E-state index is 12.9. The van der Waals surface area contributed by atoms with Crippen molar-refractivity contribution in [1.82, 2.24) is 14.8 Å². The Kier molecular flexibility index (Phi) is 4.75. The number of aromatic nitrogens is 3. The number of hydrogen-bond donors (Lipinski definition) is 1. The Balaban J connectivity index is 1.66. The molecule has 0 bridgehead atoms. The summed E-state index contributed by atoms with van der Waals surface area (Å²) in [5.74, 6) is 0.908. The minimum atomic E-state index is -0.535. The number of nitro groups is 1. The molecule has 1 unspecified atom stereocenters. The molecular weight excluding hydrogens is 441 g/mol. The smallest absolute Gasteiger partial charge is 0.269 e. The fraction of sp³-hybridized carbons (Fsp3) is 0.190. The third kappa shape index (κ3) is 3.37. The van der Waals surface area contributed by atoms with Gasteiger partial charge in [0.15, 0.2) is 11.6 Å². The van der Waals surface area contributed by atoms with E-state index in [2.05, 4.69) is 15.4 Å². The van der Waals surface area contributed by atoms with Gasteiger partial charge in [0.05, 0.1) is 9.95 Å². The minimum absolute atomic E-state index is 0.0192. The topological polar surface area (TPSA) is 103 Å². The van der Waals surface area contributed by atoms with Gasteiger partial charge in [-0.05, 0) is 48.7 Å². The number of ketones is 1. The predicted octanol–water partition coefficient (Wildman–Crippen LogP) is 5.18. The zero-order valence-electron chi connectivity index (χ0n) is 16.0. The molecule has 1 atom stereocenters. The third-order valence-corrected chi connectivity index (χ3v) is 6.01. The average molecular weight is 456 g/mol. The Labute approximate surface area is 186 Å². The van der Waals surface area contributed by atoms with Gasteiger partial charge >= 0.3 is 0 Å². The Bertz CT molecular complexity index is 1270. The second-order valence-electron chi connectivity index (χ2n) is 7.37. The maximum atomic E-state index is 12.9. The number of nitro benzene ring substituents is 1. The number of allylic oxidation sites excluding steroid dienone is 2. The molecule has 8 nitrogen and oxygen atoms in total. The number of Topliss-reactive ketones (excluding diaryl/α,β-unsaturated/α-hetero) is 1. The molecule has 10 heteroatoms. The van der Waals surface area contributed by atoms with E-state index >= 15 is 0 Å². The van der Waals surface area contributed by atoms with Gasteiger partial charge in [0, 0.05) is 40.4 Å². The van der Waals surface area contributed by atoms with Gasteiger partial charge in [0.2, 0.25) is 5.95 Å². The molecule has 2 aliphatic rings. The second-order valence-corrected chi connectivity index (χ2v) is 8.22. The van der Waals surface area contributed by atoms with E-state index < -0.39 is 11.0 Å². The van der Waals surface area contributed by atoms with E-state index in [1.54, 1.807) is 35.0 Å². The first-order valence-electron chi connectivity index (χ1n) is 9.62. The van der Waals surface area contributed by atoms with Crippen LogP contribution in [0.3, 0.4) is 0 Å². The molecule has 3 aromatic rings. The molecule has 156 valence electrons. The van der Waals surface area contributed by atoms with Gasteiger partial charge < -0.3 is 5.32 Å². The molecule has 1 aliphatic carbocycles. The fourth-order valence-electron chi connectivity index (χ4n) is 4.03. The number of fused-ring (bicyclic) bond motifs is 1. The number of nitrogens with zero attached hydrogens (tertiary/aromatic N) is 4. The summed E-state index contributed by atoms with van der Waals surface area (Å²) < 4.78 is 1.64. The van der Waals surface area contributed by atoms with E-state index in [4.69, 9.17) is 23.2 Å². The largest absolute Gasteiger partial charge is 0.328 e. The number of nitrogens with one attached hydrogen (secondary N) is 1. The normalized spacial score (nSPS) is 17.7. The number of hydrogen-bond acceptors (Lipinski definition) is 6. The average Bonchev–Trinajstić information content (AvgIpc) is 3.15. The molecule has 2 heterocycles. The van der Waals surface area contributed by atoms with Gasteiger partial charge in [-0.2, -0.15) is 4.98 Å². The van der Waals surface area contributed by atoms with E-state index in [9.17, 15) is 14.9 Å². The highest BCUT2D eigenvalue weighted by molar-refractivity contribution is 6.36. The molecule has 0 spiro atoms. The number of anilines is 1. The van der Waals surface area contributed by atoms with E-state index in [-0.39, 0.29) is 11.5 Å². The SMILES string of the molecule is O=C1CCCC2=C1C(c1ccc([N+](=O)[O-])cc1)n1nc(-c3ccc(Cl)cc3Cl)nc1N2. The molecule has 0 amide bonds. The van der Waals surface area contributed by atoms with Crippen LogP contribution in [0.25, 0.3) is 11.4 Å². The fourth-order valence-corrected chi connectivity index (χ4v) is 4.52. The van der Waals surface area contributed by atoms with Gasteiger partial charge in [-0.25, -0.2) is 4.68 Å². The number of carbonyl (C=O) groups excluding carboxylic acids is 1. The highest BCUT2D eigenvalue weighted by atomic mass is 35.5. The van der Waals surface area contributed by atoms with Crippen LogP contribution < -0.4 is 5.32 Å². The zero-order chi connectivity index (χ0) is 21.7. The van der Waals surface area contributed by atoms with Crippen molar-refractivity contribution in [3.05, 3.63) is 79.5 Å². The number of rotatable bonds is 3. The second kappa shape index (κ2) is 7.47. The summed E-state index contributed by atoms with van der Waals surface area (Å²) in [5, 5.41) is 19.9. The lowest BCUT2D eigenvalue weighted by Gasteiger charge is -2.32. The first kappa shape index (κ1) is 19.7. The number of carbonyl (C=O) groups is 1. The van der Waals surface area contributed by atoms with Crippen molar-refractivity contribution in [2.24, 2.45) is 0 Å². The van der Waals surface area contributed by atoms with Crippen LogP contribution in [0.1, 0.15) is 30.9 Å². The molecule has 1 aromatic heterocycles. The van der Waals surface area contributed by atoms with Crippen molar-refractivity contribution in [3.8, 4) is 11.4 Å². The first-order valence-corrected chi connectivity index (χ1v) is 10.4. The van der Waals surface area contributed by atoms with Crippen LogP contribution in [0.2, 0.25) is 10.0 Å². The van der Waals surface area contributed by atoms with E-state index in [1.165, 1.54) is 12.1 Å². The first-order chi connectivity index (χ1) is 14.9. The van der Waals surface area contributed by atoms with Gasteiger partial charge in [-0.3, -0.25) is 14.9 Å². The van der Waals surface area contributed by atoms with Gasteiger partial charge in [-0.1, -0.05) is 23.2 Å². The summed E-state index contributed by atoms with van der Waals surface area (Å²) in [6, 6.07) is 10.7. The summed E-state index contributed by atoms with van der Waals surface area (Å²) in [6.07, 6.45) is 1.92. The Hall–Kier alpha value is -3.23. The van der Waals surface area contributed by atoms with Crippen LogP contribution in [0.4, 0.5) is 11.6 Å². The molecule has 5 rings (SSSR count). The summed E-state index contributed by atoms with van der Waals surface area (Å²) in [7, 11) is 0. The highest BCUT2D eigenvalue weighted by Crippen LogP contribution is 2.41. The third-order valence-electron chi connectivity index (χ3n) is 5.46. The molecule has 1 N–H and O–H groups in total. The summed E-state index contributed by atoms with van der Waals surface area (Å²) in [5.41, 5.74) is 2.74. The van der Waals surface area contributed by atoms with Gasteiger partial charge in [0.1, 0.15) is 6.04 Å². The molecule has 0 radical (unpaired) electrons. The lowest BCUT2D eigenvalue weighted by Crippen LogP contribution is -2.31. The highest BCUT2D eigenvalue weighted by Gasteiger charge is 2.37. The predicted molar refractivity (Wildman–Crippen MR) is 116 cm³/mol. The monoisotopic (exact) mass is 455 g/mol. The van der Waals surface area contributed by atoms with Crippen molar-refractivity contribution in [2.75, 3.05) is 5.32 Å². The molecule has 1 aliphatic heterocycles. The molecule has 0 saturated heterocycles. The molecular formula is C21H15Cl2N5O3. The summed E-state index contributed by atoms with van der Waals surface area (Å²) in [4.78, 5) is 28.1. The van der Waals surface area contributed by atoms with Gasteiger partial charge in [0.25, 0.3) is 5.69 Å².